The maximum atomic E-state index is 10.6. The predicted molar refractivity (Wildman–Crippen MR) is 108 cm³/mol. The second-order valence-electron chi connectivity index (χ2n) is 8.91. The van der Waals surface area contributed by atoms with Crippen molar-refractivity contribution in [3.05, 3.63) is 47.7 Å². The highest BCUT2D eigenvalue weighted by Gasteiger charge is 2.26. The van der Waals surface area contributed by atoms with Crippen LogP contribution in [0.3, 0.4) is 0 Å². The zero-order valence-corrected chi connectivity index (χ0v) is 18.0. The van der Waals surface area contributed by atoms with Crippen molar-refractivity contribution in [2.75, 3.05) is 6.17 Å². The molecule has 1 aromatic rings. The van der Waals surface area contributed by atoms with Gasteiger partial charge in [-0.1, -0.05) is 81.4 Å². The fraction of sp³-hybridized carbons (Fsp3) is 0.579. The molecule has 0 fully saturated rings. The smallest absolute Gasteiger partial charge is 0.0869 e. The second kappa shape index (κ2) is 8.42. The highest BCUT2D eigenvalue weighted by atomic mass is 28.3. The molecule has 0 saturated heterocycles. The molecule has 1 rings (SSSR count). The first kappa shape index (κ1) is 20.4. The van der Waals surface area contributed by atoms with Crippen molar-refractivity contribution in [1.29, 1.82) is 0 Å². The lowest BCUT2D eigenvalue weighted by atomic mass is 10.1. The monoisotopic (exact) mass is 349 g/mol. The van der Waals surface area contributed by atoms with E-state index in [-0.39, 0.29) is 6.04 Å². The van der Waals surface area contributed by atoms with E-state index in [9.17, 15) is 5.11 Å². The van der Waals surface area contributed by atoms with Crippen molar-refractivity contribution < 1.29 is 5.11 Å². The van der Waals surface area contributed by atoms with E-state index >= 15 is 0 Å². The van der Waals surface area contributed by atoms with Gasteiger partial charge in [0.25, 0.3) is 0 Å². The van der Waals surface area contributed by atoms with Crippen molar-refractivity contribution in [1.82, 2.24) is 4.90 Å². The van der Waals surface area contributed by atoms with Crippen LogP contribution in [-0.2, 0) is 6.54 Å². The topological polar surface area (TPSA) is 23.5 Å². The molecule has 0 amide bonds. The number of rotatable bonds is 8. The lowest BCUT2D eigenvalue weighted by Crippen LogP contribution is -2.48. The average molecular weight is 350 g/mol. The predicted octanol–water partition coefficient (Wildman–Crippen LogP) is 4.55. The molecule has 1 N–H and O–H groups in total. The molecule has 0 aliphatic heterocycles. The summed E-state index contributed by atoms with van der Waals surface area (Å²) in [5.41, 5.74) is 3.57. The van der Waals surface area contributed by atoms with E-state index < -0.39 is 22.3 Å². The summed E-state index contributed by atoms with van der Waals surface area (Å²) in [6.45, 7) is 17.1. The zero-order chi connectivity index (χ0) is 17.7. The number of hydrogen-bond acceptors (Lipinski definition) is 2. The van der Waals surface area contributed by atoms with Gasteiger partial charge in [0.1, 0.15) is 0 Å². The van der Waals surface area contributed by atoms with E-state index in [4.69, 9.17) is 0 Å². The van der Waals surface area contributed by atoms with Gasteiger partial charge in [-0.15, -0.1) is 0 Å². The van der Waals surface area contributed by atoms with Crippen LogP contribution in [0.4, 0.5) is 0 Å². The molecule has 2 nitrogen and oxygen atoms in total. The maximum absolute atomic E-state index is 10.6. The third-order valence-electron chi connectivity index (χ3n) is 3.77. The van der Waals surface area contributed by atoms with Crippen LogP contribution < -0.4 is 0 Å². The van der Waals surface area contributed by atoms with Crippen molar-refractivity contribution >= 4 is 16.1 Å². The fourth-order valence-corrected chi connectivity index (χ4v) is 4.93. The number of aliphatic hydroxyl groups excluding tert-OH is 1. The SMILES string of the molecule is C[C@@H]([C@H](O)/C=C\[Si](C)(C)C)N(Cc1ccccc1)C[Si](C)(C)C. The molecular formula is C19H35NOSi2. The first-order valence-corrected chi connectivity index (χ1v) is 15.9. The van der Waals surface area contributed by atoms with Crippen LogP contribution in [-0.4, -0.2) is 44.5 Å². The molecule has 0 spiro atoms. The van der Waals surface area contributed by atoms with Crippen LogP contribution >= 0.6 is 0 Å². The Kier molecular flexibility index (Phi) is 7.46. The van der Waals surface area contributed by atoms with Gasteiger partial charge >= 0.3 is 0 Å². The van der Waals surface area contributed by atoms with Crippen LogP contribution in [0.1, 0.15) is 12.5 Å². The van der Waals surface area contributed by atoms with Gasteiger partial charge in [-0.05, 0) is 18.7 Å². The number of aliphatic hydroxyl groups is 1. The summed E-state index contributed by atoms with van der Waals surface area (Å²) in [7, 11) is -2.51. The van der Waals surface area contributed by atoms with Gasteiger partial charge in [-0.25, -0.2) is 0 Å². The molecule has 0 unspecified atom stereocenters. The lowest BCUT2D eigenvalue weighted by molar-refractivity contribution is 0.0953. The Morgan fingerprint density at radius 1 is 1.04 bits per heavy atom. The summed E-state index contributed by atoms with van der Waals surface area (Å²) in [4.78, 5) is 2.46. The van der Waals surface area contributed by atoms with E-state index in [2.05, 4.69) is 87.1 Å². The van der Waals surface area contributed by atoms with E-state index in [0.29, 0.717) is 0 Å². The average Bonchev–Trinajstić information content (AvgIpc) is 2.42. The molecular weight excluding hydrogens is 314 g/mol. The summed E-state index contributed by atoms with van der Waals surface area (Å²) in [6.07, 6.45) is 2.72. The van der Waals surface area contributed by atoms with Gasteiger partial charge in [0, 0.05) is 12.6 Å². The minimum atomic E-state index is -1.27. The summed E-state index contributed by atoms with van der Waals surface area (Å²) in [5.74, 6) is 0. The molecule has 0 aliphatic rings. The van der Waals surface area contributed by atoms with Crippen LogP contribution in [0.15, 0.2) is 42.1 Å². The van der Waals surface area contributed by atoms with E-state index in [1.165, 1.54) is 5.56 Å². The minimum absolute atomic E-state index is 0.134. The summed E-state index contributed by atoms with van der Waals surface area (Å²) < 4.78 is 0. The van der Waals surface area contributed by atoms with Crippen LogP contribution in [0.5, 0.6) is 0 Å². The molecule has 0 aliphatic carbocycles. The molecule has 0 bridgehead atoms. The standard InChI is InChI=1S/C19H35NOSi2/c1-17(19(21)13-14-22(2,3)4)20(16-23(5,6)7)15-18-11-9-8-10-12-18/h8-14,17,19,21H,15-16H2,1-7H3/b14-13-/t17-,19+/m0/s1. The fourth-order valence-electron chi connectivity index (χ4n) is 2.54. The summed E-state index contributed by atoms with van der Waals surface area (Å²) in [6, 6.07) is 10.7. The van der Waals surface area contributed by atoms with Gasteiger partial charge < -0.3 is 5.11 Å². The van der Waals surface area contributed by atoms with E-state index in [1.807, 2.05) is 6.08 Å². The first-order valence-electron chi connectivity index (χ1n) is 8.63. The van der Waals surface area contributed by atoms with Crippen LogP contribution in [0.2, 0.25) is 39.3 Å². The molecule has 1 aromatic carbocycles. The Morgan fingerprint density at radius 2 is 1.61 bits per heavy atom. The Balaban J connectivity index is 2.87. The highest BCUT2D eigenvalue weighted by Crippen LogP contribution is 2.16. The number of nitrogens with zero attached hydrogens (tertiary/aromatic N) is 1. The maximum Gasteiger partial charge on any atom is 0.0869 e. The highest BCUT2D eigenvalue weighted by molar-refractivity contribution is 6.81. The van der Waals surface area contributed by atoms with Gasteiger partial charge in [-0.2, -0.15) is 0 Å². The zero-order valence-electron chi connectivity index (χ0n) is 16.0. The Bertz CT molecular complexity index is 488. The van der Waals surface area contributed by atoms with Crippen molar-refractivity contribution in [3.8, 4) is 0 Å². The Hall–Kier alpha value is -0.686. The summed E-state index contributed by atoms with van der Waals surface area (Å²) >= 11 is 0. The molecule has 2 atom stereocenters. The molecule has 0 saturated carbocycles. The van der Waals surface area contributed by atoms with Gasteiger partial charge in [0.05, 0.1) is 22.3 Å². The summed E-state index contributed by atoms with van der Waals surface area (Å²) in [5, 5.41) is 10.6. The van der Waals surface area contributed by atoms with Crippen molar-refractivity contribution in [2.24, 2.45) is 0 Å². The Morgan fingerprint density at radius 3 is 2.09 bits per heavy atom. The molecule has 0 heterocycles. The number of benzene rings is 1. The quantitative estimate of drug-likeness (QED) is 0.696. The third-order valence-corrected chi connectivity index (χ3v) is 6.32. The normalized spacial score (nSPS) is 16.0. The van der Waals surface area contributed by atoms with Crippen LogP contribution in [0, 0.1) is 0 Å². The van der Waals surface area contributed by atoms with Gasteiger partial charge in [0.2, 0.25) is 0 Å². The van der Waals surface area contributed by atoms with Crippen molar-refractivity contribution in [2.45, 2.75) is 64.9 Å². The molecule has 4 heteroatoms. The number of hydrogen-bond donors (Lipinski definition) is 1. The molecule has 0 aromatic heterocycles. The lowest BCUT2D eigenvalue weighted by Gasteiger charge is -2.35. The Labute approximate surface area is 145 Å². The van der Waals surface area contributed by atoms with Gasteiger partial charge in [0.15, 0.2) is 0 Å². The second-order valence-corrected chi connectivity index (χ2v) is 19.4. The van der Waals surface area contributed by atoms with E-state index in [0.717, 1.165) is 12.7 Å². The molecule has 130 valence electrons. The van der Waals surface area contributed by atoms with Gasteiger partial charge in [-0.3, -0.25) is 4.90 Å². The molecule has 0 radical (unpaired) electrons. The first-order chi connectivity index (χ1) is 10.5. The minimum Gasteiger partial charge on any atom is -0.387 e. The largest absolute Gasteiger partial charge is 0.387 e. The van der Waals surface area contributed by atoms with Crippen molar-refractivity contribution in [3.63, 3.8) is 0 Å². The molecule has 23 heavy (non-hydrogen) atoms. The van der Waals surface area contributed by atoms with Crippen LogP contribution in [0.25, 0.3) is 0 Å². The third kappa shape index (κ3) is 8.65. The van der Waals surface area contributed by atoms with E-state index in [1.54, 1.807) is 0 Å².